The van der Waals surface area contributed by atoms with Crippen LogP contribution in [0.2, 0.25) is 0 Å². The zero-order valence-electron chi connectivity index (χ0n) is 7.77. The van der Waals surface area contributed by atoms with Gasteiger partial charge >= 0.3 is 5.97 Å². The summed E-state index contributed by atoms with van der Waals surface area (Å²) in [5.74, 6) is -0.991. The van der Waals surface area contributed by atoms with Crippen LogP contribution >= 0.6 is 0 Å². The molecule has 0 aromatic heterocycles. The molecule has 2 aliphatic heterocycles. The van der Waals surface area contributed by atoms with Crippen LogP contribution < -0.4 is 15.8 Å². The first-order valence-corrected chi connectivity index (χ1v) is 4.60. The van der Waals surface area contributed by atoms with Gasteiger partial charge in [0.15, 0.2) is 0 Å². The zero-order valence-corrected chi connectivity index (χ0v) is 7.77. The summed E-state index contributed by atoms with van der Waals surface area (Å²) >= 11 is 0. The largest absolute Gasteiger partial charge is 0.477 e. The Hall–Kier alpha value is -2.10. The van der Waals surface area contributed by atoms with Gasteiger partial charge in [0.05, 0.1) is 17.9 Å². The van der Waals surface area contributed by atoms with Crippen molar-refractivity contribution in [2.75, 3.05) is 6.54 Å². The van der Waals surface area contributed by atoms with Crippen molar-refractivity contribution >= 4 is 35.2 Å². The number of carboxylic acids is 1. The van der Waals surface area contributed by atoms with Gasteiger partial charge < -0.3 is 5.11 Å². The number of aliphatic carboxylic acids is 1. The van der Waals surface area contributed by atoms with E-state index >= 15 is 0 Å². The molecule has 0 bridgehead atoms. The van der Waals surface area contributed by atoms with Gasteiger partial charge in [0, 0.05) is 10.4 Å². The molecular weight excluding hydrogens is 192 g/mol. The highest BCUT2D eigenvalue weighted by molar-refractivity contribution is 6.49. The molecule has 0 unspecified atom stereocenters. The van der Waals surface area contributed by atoms with Crippen LogP contribution in [0.1, 0.15) is 0 Å². The lowest BCUT2D eigenvalue weighted by atomic mass is 10.2. The highest BCUT2D eigenvalue weighted by Gasteiger charge is 2.16. The predicted molar refractivity (Wildman–Crippen MR) is 56.0 cm³/mol. The first-order chi connectivity index (χ1) is 7.25. The van der Waals surface area contributed by atoms with Crippen molar-refractivity contribution in [3.8, 4) is 0 Å². The summed E-state index contributed by atoms with van der Waals surface area (Å²) in [6, 6.07) is 3.68. The third-order valence-corrected chi connectivity index (χ3v) is 2.54. The van der Waals surface area contributed by atoms with Crippen LogP contribution in [0, 0.1) is 0 Å². The van der Waals surface area contributed by atoms with Crippen molar-refractivity contribution in [2.24, 2.45) is 4.99 Å². The van der Waals surface area contributed by atoms with E-state index in [0.29, 0.717) is 6.54 Å². The molecule has 0 saturated heterocycles. The predicted octanol–water partition coefficient (Wildman–Crippen LogP) is -0.332. The third kappa shape index (κ3) is 1.08. The first kappa shape index (κ1) is 8.23. The van der Waals surface area contributed by atoms with Gasteiger partial charge in [-0.1, -0.05) is 6.08 Å². The molecule has 73 valence electrons. The first-order valence-electron chi connectivity index (χ1n) is 4.60. The maximum absolute atomic E-state index is 10.8. The fourth-order valence-corrected chi connectivity index (χ4v) is 1.86. The molecule has 2 aliphatic rings. The molecule has 2 heterocycles. The van der Waals surface area contributed by atoms with E-state index in [1.54, 1.807) is 6.08 Å². The van der Waals surface area contributed by atoms with E-state index in [1.165, 1.54) is 0 Å². The Balaban J connectivity index is 2.33. The lowest BCUT2D eigenvalue weighted by Gasteiger charge is -1.95. The number of rotatable bonds is 1. The van der Waals surface area contributed by atoms with Crippen LogP contribution in [-0.2, 0) is 4.79 Å². The monoisotopic (exact) mass is 199 g/mol. The Kier molecular flexibility index (Phi) is 1.48. The van der Waals surface area contributed by atoms with Crippen LogP contribution in [0.4, 0.5) is 11.4 Å². The molecule has 0 spiro atoms. The Bertz CT molecular complexity index is 614. The number of benzene rings is 1. The molecular formula is C11H7N2O2. The van der Waals surface area contributed by atoms with E-state index in [-0.39, 0.29) is 5.71 Å². The Morgan fingerprint density at radius 1 is 1.27 bits per heavy atom. The minimum Gasteiger partial charge on any atom is -0.477 e. The third-order valence-electron chi connectivity index (χ3n) is 2.54. The summed E-state index contributed by atoms with van der Waals surface area (Å²) in [5.41, 5.74) is 1.74. The van der Waals surface area contributed by atoms with Crippen molar-refractivity contribution < 1.29 is 9.90 Å². The summed E-state index contributed by atoms with van der Waals surface area (Å²) in [6.07, 6.45) is 3.60. The minimum absolute atomic E-state index is 0.0960. The second kappa shape index (κ2) is 2.70. The number of carboxylic acid groups (broad SMARTS) is 1. The van der Waals surface area contributed by atoms with E-state index in [9.17, 15) is 4.79 Å². The fourth-order valence-electron chi connectivity index (χ4n) is 1.86. The van der Waals surface area contributed by atoms with Crippen molar-refractivity contribution in [3.63, 3.8) is 0 Å². The van der Waals surface area contributed by atoms with E-state index in [2.05, 4.69) is 10.3 Å². The number of aliphatic imine (C=N–C) groups is 1. The second-order valence-corrected chi connectivity index (χ2v) is 3.42. The fraction of sp³-hybridized carbons (Fsp3) is 0.0909. The lowest BCUT2D eigenvalue weighted by Crippen LogP contribution is -2.23. The molecule has 0 atom stereocenters. The van der Waals surface area contributed by atoms with Gasteiger partial charge in [0.1, 0.15) is 5.71 Å². The number of carbonyl (C=O) groups is 1. The average molecular weight is 199 g/mol. The SMILES string of the molecule is O=C(O)C1=Nc2ccc3c(c2=C1)=CC[N]3. The van der Waals surface area contributed by atoms with Gasteiger partial charge in [0.25, 0.3) is 0 Å². The van der Waals surface area contributed by atoms with Gasteiger partial charge in [-0.25, -0.2) is 9.79 Å². The molecule has 1 radical (unpaired) electrons. The number of hydrogen-bond donors (Lipinski definition) is 1. The smallest absolute Gasteiger partial charge is 0.354 e. The molecule has 0 fully saturated rings. The molecule has 1 aromatic carbocycles. The Labute approximate surface area is 85.3 Å². The van der Waals surface area contributed by atoms with Crippen molar-refractivity contribution in [1.29, 1.82) is 0 Å². The van der Waals surface area contributed by atoms with Crippen molar-refractivity contribution in [2.45, 2.75) is 0 Å². The van der Waals surface area contributed by atoms with Gasteiger partial charge in [-0.05, 0) is 18.2 Å². The summed E-state index contributed by atoms with van der Waals surface area (Å²) in [6.45, 7) is 0.669. The van der Waals surface area contributed by atoms with Crippen LogP contribution in [0.3, 0.4) is 0 Å². The van der Waals surface area contributed by atoms with E-state index in [4.69, 9.17) is 5.11 Å². The van der Waals surface area contributed by atoms with Crippen LogP contribution in [-0.4, -0.2) is 23.3 Å². The normalized spacial score (nSPS) is 15.6. The van der Waals surface area contributed by atoms with Crippen molar-refractivity contribution in [3.05, 3.63) is 22.6 Å². The summed E-state index contributed by atoms with van der Waals surface area (Å²) in [7, 11) is 0. The molecule has 0 saturated carbocycles. The van der Waals surface area contributed by atoms with Crippen LogP contribution in [0.25, 0.3) is 12.2 Å². The molecule has 1 N–H and O–H groups in total. The minimum atomic E-state index is -0.991. The van der Waals surface area contributed by atoms with Gasteiger partial charge in [-0.15, -0.1) is 0 Å². The molecule has 0 aliphatic carbocycles. The van der Waals surface area contributed by atoms with Gasteiger partial charge in [0.2, 0.25) is 0 Å². The Morgan fingerprint density at radius 3 is 2.87 bits per heavy atom. The van der Waals surface area contributed by atoms with Gasteiger partial charge in [-0.3, -0.25) is 5.32 Å². The summed E-state index contributed by atoms with van der Waals surface area (Å²) < 4.78 is 0. The van der Waals surface area contributed by atoms with E-state index in [0.717, 1.165) is 21.8 Å². The summed E-state index contributed by atoms with van der Waals surface area (Å²) in [4.78, 5) is 14.8. The highest BCUT2D eigenvalue weighted by Crippen LogP contribution is 2.13. The molecule has 15 heavy (non-hydrogen) atoms. The van der Waals surface area contributed by atoms with Crippen LogP contribution in [0.5, 0.6) is 0 Å². The second-order valence-electron chi connectivity index (χ2n) is 3.42. The van der Waals surface area contributed by atoms with Crippen molar-refractivity contribution in [1.82, 2.24) is 5.32 Å². The molecule has 1 aromatic rings. The number of hydrogen-bond acceptors (Lipinski definition) is 2. The standard InChI is InChI=1S/C11H7N2O2/c14-11(15)10-5-7-6-3-4-12-8(6)1-2-9(7)13-10/h1-3,5H,4H2,(H,14,15). The quantitative estimate of drug-likeness (QED) is 0.673. The number of fused-ring (bicyclic) bond motifs is 3. The molecule has 4 heteroatoms. The average Bonchev–Trinajstić information content (AvgIpc) is 2.82. The maximum Gasteiger partial charge on any atom is 0.354 e. The zero-order chi connectivity index (χ0) is 10.4. The van der Waals surface area contributed by atoms with Crippen LogP contribution in [0.15, 0.2) is 17.1 Å². The molecule has 0 amide bonds. The Morgan fingerprint density at radius 2 is 2.07 bits per heavy atom. The van der Waals surface area contributed by atoms with Gasteiger partial charge in [-0.2, -0.15) is 0 Å². The van der Waals surface area contributed by atoms with E-state index < -0.39 is 5.97 Å². The maximum atomic E-state index is 10.8. The topological polar surface area (TPSA) is 63.8 Å². The van der Waals surface area contributed by atoms with E-state index in [1.807, 2.05) is 18.2 Å². The lowest BCUT2D eigenvalue weighted by molar-refractivity contribution is -0.129. The summed E-state index contributed by atoms with van der Waals surface area (Å²) in [5, 5.41) is 15.0. The molecule has 4 nitrogen and oxygen atoms in total. The highest BCUT2D eigenvalue weighted by atomic mass is 16.4. The number of nitrogens with zero attached hydrogens (tertiary/aromatic N) is 2. The molecule has 3 rings (SSSR count).